The maximum absolute atomic E-state index is 5.07. The van der Waals surface area contributed by atoms with Crippen LogP contribution in [-0.4, -0.2) is 38.3 Å². The van der Waals surface area contributed by atoms with Crippen molar-refractivity contribution in [3.05, 3.63) is 23.9 Å². The molecule has 0 aromatic carbocycles. The first-order valence-electron chi connectivity index (χ1n) is 6.18. The van der Waals surface area contributed by atoms with Crippen molar-refractivity contribution in [2.75, 3.05) is 32.2 Å². The van der Waals surface area contributed by atoms with Gasteiger partial charge in [-0.15, -0.1) is 0 Å². The molecule has 0 radical (unpaired) electrons. The minimum atomic E-state index is 0.725. The SMILES string of the molecule is COCCN(C)c1cc(CNC2CC2)ccn1. The molecule has 1 aromatic rings. The lowest BCUT2D eigenvalue weighted by Crippen LogP contribution is -2.23. The molecule has 0 unspecified atom stereocenters. The van der Waals surface area contributed by atoms with Crippen molar-refractivity contribution in [1.29, 1.82) is 0 Å². The summed E-state index contributed by atoms with van der Waals surface area (Å²) >= 11 is 0. The van der Waals surface area contributed by atoms with Crippen LogP contribution in [-0.2, 0) is 11.3 Å². The highest BCUT2D eigenvalue weighted by Crippen LogP contribution is 2.19. The van der Waals surface area contributed by atoms with Gasteiger partial charge >= 0.3 is 0 Å². The highest BCUT2D eigenvalue weighted by atomic mass is 16.5. The zero-order valence-corrected chi connectivity index (χ0v) is 10.6. The maximum Gasteiger partial charge on any atom is 0.128 e. The van der Waals surface area contributed by atoms with Gasteiger partial charge in [-0.1, -0.05) is 0 Å². The number of anilines is 1. The number of pyridine rings is 1. The van der Waals surface area contributed by atoms with Crippen LogP contribution < -0.4 is 10.2 Å². The molecule has 17 heavy (non-hydrogen) atoms. The molecule has 0 saturated heterocycles. The van der Waals surface area contributed by atoms with E-state index in [4.69, 9.17) is 4.74 Å². The smallest absolute Gasteiger partial charge is 0.128 e. The van der Waals surface area contributed by atoms with Crippen LogP contribution >= 0.6 is 0 Å². The fraction of sp³-hybridized carbons (Fsp3) is 0.615. The lowest BCUT2D eigenvalue weighted by molar-refractivity contribution is 0.206. The fourth-order valence-electron chi connectivity index (χ4n) is 1.67. The first-order chi connectivity index (χ1) is 8.29. The Morgan fingerprint density at radius 3 is 3.06 bits per heavy atom. The molecule has 0 aliphatic heterocycles. The second kappa shape index (κ2) is 5.98. The van der Waals surface area contributed by atoms with Crippen molar-refractivity contribution in [3.63, 3.8) is 0 Å². The van der Waals surface area contributed by atoms with Gasteiger partial charge in [-0.3, -0.25) is 0 Å². The Morgan fingerprint density at radius 1 is 1.53 bits per heavy atom. The van der Waals surface area contributed by atoms with Crippen LogP contribution in [0.4, 0.5) is 5.82 Å². The highest BCUT2D eigenvalue weighted by molar-refractivity contribution is 5.40. The molecule has 1 aromatic heterocycles. The lowest BCUT2D eigenvalue weighted by atomic mass is 10.2. The van der Waals surface area contributed by atoms with E-state index in [9.17, 15) is 0 Å². The molecule has 1 fully saturated rings. The average molecular weight is 235 g/mol. The number of hydrogen-bond donors (Lipinski definition) is 1. The van der Waals surface area contributed by atoms with Gasteiger partial charge in [-0.05, 0) is 30.5 Å². The number of hydrogen-bond acceptors (Lipinski definition) is 4. The molecule has 1 saturated carbocycles. The predicted molar refractivity (Wildman–Crippen MR) is 69.2 cm³/mol. The van der Waals surface area contributed by atoms with Gasteiger partial charge in [-0.25, -0.2) is 4.98 Å². The summed E-state index contributed by atoms with van der Waals surface area (Å²) in [5.41, 5.74) is 1.30. The molecule has 2 rings (SSSR count). The number of ether oxygens (including phenoxy) is 1. The molecule has 1 heterocycles. The summed E-state index contributed by atoms with van der Waals surface area (Å²) in [5, 5.41) is 3.51. The normalized spacial score (nSPS) is 14.9. The van der Waals surface area contributed by atoms with Crippen molar-refractivity contribution >= 4 is 5.82 Å². The quantitative estimate of drug-likeness (QED) is 0.775. The Morgan fingerprint density at radius 2 is 2.35 bits per heavy atom. The number of aromatic nitrogens is 1. The van der Waals surface area contributed by atoms with Crippen molar-refractivity contribution in [1.82, 2.24) is 10.3 Å². The molecule has 4 heteroatoms. The summed E-state index contributed by atoms with van der Waals surface area (Å²) in [6, 6.07) is 4.96. The van der Waals surface area contributed by atoms with Crippen molar-refractivity contribution in [3.8, 4) is 0 Å². The molecule has 94 valence electrons. The van der Waals surface area contributed by atoms with Crippen molar-refractivity contribution in [2.45, 2.75) is 25.4 Å². The van der Waals surface area contributed by atoms with E-state index in [-0.39, 0.29) is 0 Å². The van der Waals surface area contributed by atoms with Crippen molar-refractivity contribution in [2.24, 2.45) is 0 Å². The molecule has 4 nitrogen and oxygen atoms in total. The van der Waals surface area contributed by atoms with Gasteiger partial charge in [0.25, 0.3) is 0 Å². The summed E-state index contributed by atoms with van der Waals surface area (Å²) in [6.45, 7) is 2.53. The monoisotopic (exact) mass is 235 g/mol. The molecule has 0 amide bonds. The van der Waals surface area contributed by atoms with Gasteiger partial charge in [0, 0.05) is 39.5 Å². The number of rotatable bonds is 7. The van der Waals surface area contributed by atoms with Gasteiger partial charge in [0.15, 0.2) is 0 Å². The highest BCUT2D eigenvalue weighted by Gasteiger charge is 2.19. The summed E-state index contributed by atoms with van der Waals surface area (Å²) in [6.07, 6.45) is 4.53. The van der Waals surface area contributed by atoms with Crippen LogP contribution in [0.1, 0.15) is 18.4 Å². The summed E-state index contributed by atoms with van der Waals surface area (Å²) < 4.78 is 5.07. The Kier molecular flexibility index (Phi) is 4.34. The Bertz CT molecular complexity index is 352. The molecule has 1 N–H and O–H groups in total. The zero-order valence-electron chi connectivity index (χ0n) is 10.6. The van der Waals surface area contributed by atoms with Gasteiger partial charge in [-0.2, -0.15) is 0 Å². The fourth-order valence-corrected chi connectivity index (χ4v) is 1.67. The largest absolute Gasteiger partial charge is 0.383 e. The molecular formula is C13H21N3O. The minimum absolute atomic E-state index is 0.725. The minimum Gasteiger partial charge on any atom is -0.383 e. The average Bonchev–Trinajstić information content (AvgIpc) is 3.18. The van der Waals surface area contributed by atoms with Crippen LogP contribution in [0.25, 0.3) is 0 Å². The van der Waals surface area contributed by atoms with E-state index in [1.807, 2.05) is 13.2 Å². The first-order valence-corrected chi connectivity index (χ1v) is 6.18. The Balaban J connectivity index is 1.89. The third-order valence-electron chi connectivity index (χ3n) is 3.00. The third kappa shape index (κ3) is 3.98. The first kappa shape index (κ1) is 12.3. The number of nitrogens with one attached hydrogen (secondary N) is 1. The summed E-state index contributed by atoms with van der Waals surface area (Å²) in [7, 11) is 3.76. The predicted octanol–water partition coefficient (Wildman–Crippen LogP) is 1.42. The third-order valence-corrected chi connectivity index (χ3v) is 3.00. The molecule has 0 spiro atoms. The second-order valence-electron chi connectivity index (χ2n) is 4.59. The maximum atomic E-state index is 5.07. The second-order valence-corrected chi connectivity index (χ2v) is 4.59. The van der Waals surface area contributed by atoms with Gasteiger partial charge in [0.05, 0.1) is 6.61 Å². The summed E-state index contributed by atoms with van der Waals surface area (Å²) in [5.74, 6) is 1.01. The molecule has 0 bridgehead atoms. The summed E-state index contributed by atoms with van der Waals surface area (Å²) in [4.78, 5) is 6.49. The van der Waals surface area contributed by atoms with E-state index in [0.29, 0.717) is 0 Å². The van der Waals surface area contributed by atoms with Crippen LogP contribution in [0.2, 0.25) is 0 Å². The van der Waals surface area contributed by atoms with Crippen LogP contribution in [0, 0.1) is 0 Å². The number of nitrogens with zero attached hydrogens (tertiary/aromatic N) is 2. The van der Waals surface area contributed by atoms with Crippen LogP contribution in [0.3, 0.4) is 0 Å². The van der Waals surface area contributed by atoms with Gasteiger partial charge in [0.1, 0.15) is 5.82 Å². The Hall–Kier alpha value is -1.13. The van der Waals surface area contributed by atoms with Gasteiger partial charge < -0.3 is 15.0 Å². The zero-order chi connectivity index (χ0) is 12.1. The van der Waals surface area contributed by atoms with Crippen LogP contribution in [0.5, 0.6) is 0 Å². The molecular weight excluding hydrogens is 214 g/mol. The number of likely N-dealkylation sites (N-methyl/N-ethyl adjacent to an activating group) is 1. The Labute approximate surface area is 103 Å². The van der Waals surface area contributed by atoms with E-state index >= 15 is 0 Å². The standard InChI is InChI=1S/C13H21N3O/c1-16(7-8-17-2)13-9-11(5-6-14-13)10-15-12-3-4-12/h5-6,9,12,15H,3-4,7-8,10H2,1-2H3. The van der Waals surface area contributed by atoms with E-state index in [0.717, 1.165) is 31.6 Å². The molecule has 1 aliphatic carbocycles. The van der Waals surface area contributed by atoms with Crippen LogP contribution in [0.15, 0.2) is 18.3 Å². The van der Waals surface area contributed by atoms with Gasteiger partial charge in [0.2, 0.25) is 0 Å². The van der Waals surface area contributed by atoms with E-state index in [1.165, 1.54) is 18.4 Å². The lowest BCUT2D eigenvalue weighted by Gasteiger charge is -2.18. The topological polar surface area (TPSA) is 37.4 Å². The van der Waals surface area contributed by atoms with Crippen molar-refractivity contribution < 1.29 is 4.74 Å². The number of methoxy groups -OCH3 is 1. The molecule has 0 atom stereocenters. The van der Waals surface area contributed by atoms with E-state index in [1.54, 1.807) is 7.11 Å². The molecule has 1 aliphatic rings. The van der Waals surface area contributed by atoms with E-state index < -0.39 is 0 Å². The van der Waals surface area contributed by atoms with E-state index in [2.05, 4.69) is 27.3 Å².